The van der Waals surface area contributed by atoms with Gasteiger partial charge in [0.05, 0.1) is 22.7 Å². The fraction of sp³-hybridized carbons (Fsp3) is 0.242. The summed E-state index contributed by atoms with van der Waals surface area (Å²) in [5.41, 5.74) is 3.02. The lowest BCUT2D eigenvalue weighted by atomic mass is 10.00. The lowest BCUT2D eigenvalue weighted by molar-refractivity contribution is 0.0829. The van der Waals surface area contributed by atoms with Crippen molar-refractivity contribution in [3.8, 4) is 0 Å². The smallest absolute Gasteiger partial charge is 0.264 e. The summed E-state index contributed by atoms with van der Waals surface area (Å²) in [6.07, 6.45) is -0.277. The van der Waals surface area contributed by atoms with Crippen LogP contribution in [-0.2, 0) is 29.4 Å². The highest BCUT2D eigenvalue weighted by Crippen LogP contribution is 2.24. The molecule has 0 bridgehead atoms. The number of nitrogens with zero attached hydrogens (tertiary/aromatic N) is 1. The third kappa shape index (κ3) is 8.63. The maximum absolute atomic E-state index is 13.9. The third-order valence-corrected chi connectivity index (χ3v) is 9.26. The van der Waals surface area contributed by atoms with E-state index in [4.69, 9.17) is 11.6 Å². The van der Waals surface area contributed by atoms with Crippen LogP contribution < -0.4 is 14.9 Å². The Hall–Kier alpha value is -3.83. The summed E-state index contributed by atoms with van der Waals surface area (Å²) in [5, 5.41) is 17.5. The van der Waals surface area contributed by atoms with Crippen LogP contribution in [0.2, 0.25) is 5.02 Å². The summed E-state index contributed by atoms with van der Waals surface area (Å²) >= 11 is 5.91. The second kappa shape index (κ2) is 14.8. The molecular formula is C33H34ClF2N3O4S. The number of aliphatic hydroxyl groups excluding tert-OH is 1. The van der Waals surface area contributed by atoms with Crippen LogP contribution in [0.25, 0.3) is 0 Å². The SMILES string of the molecule is CCc1cccc(CNC[C@H](O)[C@H](Cc2cc(F)cc(F)c2)NC(=O)c2ccc(S(=O)(=O)N(C)c3ccc(Cl)cc3)cc2)c1. The van der Waals surface area contributed by atoms with Gasteiger partial charge in [0.1, 0.15) is 11.6 Å². The maximum atomic E-state index is 13.9. The molecule has 0 saturated heterocycles. The first-order valence-electron chi connectivity index (χ1n) is 14.0. The molecule has 4 aromatic rings. The average Bonchev–Trinajstić information content (AvgIpc) is 3.00. The third-order valence-electron chi connectivity index (χ3n) is 7.21. The van der Waals surface area contributed by atoms with E-state index >= 15 is 0 Å². The number of hydrogen-bond donors (Lipinski definition) is 3. The minimum atomic E-state index is -3.93. The molecule has 0 radical (unpaired) electrons. The molecule has 11 heteroatoms. The largest absolute Gasteiger partial charge is 0.390 e. The number of carbonyl (C=O) groups excluding carboxylic acids is 1. The first-order chi connectivity index (χ1) is 21.0. The number of sulfonamides is 1. The van der Waals surface area contributed by atoms with Gasteiger partial charge < -0.3 is 15.7 Å². The Morgan fingerprint density at radius 2 is 1.55 bits per heavy atom. The Morgan fingerprint density at radius 1 is 0.909 bits per heavy atom. The topological polar surface area (TPSA) is 98.7 Å². The quantitative estimate of drug-likeness (QED) is 0.179. The molecule has 0 aliphatic carbocycles. The number of benzene rings is 4. The predicted octanol–water partition coefficient (Wildman–Crippen LogP) is 5.50. The minimum absolute atomic E-state index is 0.0327. The summed E-state index contributed by atoms with van der Waals surface area (Å²) in [4.78, 5) is 13.2. The zero-order chi connectivity index (χ0) is 31.9. The number of halogens is 3. The lowest BCUT2D eigenvalue weighted by Gasteiger charge is -2.25. The van der Waals surface area contributed by atoms with Crippen LogP contribution >= 0.6 is 11.6 Å². The second-order valence-corrected chi connectivity index (χ2v) is 12.8. The van der Waals surface area contributed by atoms with Gasteiger partial charge in [-0.05, 0) is 90.2 Å². The van der Waals surface area contributed by atoms with Crippen molar-refractivity contribution in [3.05, 3.63) is 130 Å². The van der Waals surface area contributed by atoms with Crippen LogP contribution in [-0.4, -0.2) is 45.2 Å². The molecule has 0 heterocycles. The molecule has 44 heavy (non-hydrogen) atoms. The zero-order valence-corrected chi connectivity index (χ0v) is 25.9. The molecule has 0 unspecified atom stereocenters. The van der Waals surface area contributed by atoms with Gasteiger partial charge in [0, 0.05) is 36.8 Å². The fourth-order valence-corrected chi connectivity index (χ4v) is 6.03. The van der Waals surface area contributed by atoms with Crippen LogP contribution in [0.1, 0.15) is 34.0 Å². The van der Waals surface area contributed by atoms with Gasteiger partial charge in [0.2, 0.25) is 0 Å². The van der Waals surface area contributed by atoms with E-state index in [2.05, 4.69) is 23.6 Å². The highest BCUT2D eigenvalue weighted by molar-refractivity contribution is 7.92. The summed E-state index contributed by atoms with van der Waals surface area (Å²) in [6, 6.07) is 21.8. The van der Waals surface area contributed by atoms with Crippen molar-refractivity contribution in [1.82, 2.24) is 10.6 Å². The van der Waals surface area contributed by atoms with Crippen molar-refractivity contribution in [2.75, 3.05) is 17.9 Å². The van der Waals surface area contributed by atoms with E-state index in [9.17, 15) is 27.1 Å². The molecule has 0 fully saturated rings. The van der Waals surface area contributed by atoms with Gasteiger partial charge in [0.15, 0.2) is 0 Å². The van der Waals surface area contributed by atoms with Crippen molar-refractivity contribution in [2.24, 2.45) is 0 Å². The van der Waals surface area contributed by atoms with Crippen molar-refractivity contribution >= 4 is 33.2 Å². The number of rotatable bonds is 13. The van der Waals surface area contributed by atoms with Gasteiger partial charge in [-0.2, -0.15) is 0 Å². The molecule has 0 spiro atoms. The van der Waals surface area contributed by atoms with E-state index in [0.717, 1.165) is 34.5 Å². The number of hydrogen-bond acceptors (Lipinski definition) is 5. The number of nitrogens with one attached hydrogen (secondary N) is 2. The maximum Gasteiger partial charge on any atom is 0.264 e. The second-order valence-electron chi connectivity index (χ2n) is 10.4. The summed E-state index contributed by atoms with van der Waals surface area (Å²) in [7, 11) is -2.52. The molecule has 7 nitrogen and oxygen atoms in total. The van der Waals surface area contributed by atoms with Crippen molar-refractivity contribution < 1.29 is 27.1 Å². The Morgan fingerprint density at radius 3 is 2.18 bits per heavy atom. The normalized spacial score (nSPS) is 12.9. The van der Waals surface area contributed by atoms with Gasteiger partial charge >= 0.3 is 0 Å². The van der Waals surface area contributed by atoms with Gasteiger partial charge in [-0.3, -0.25) is 9.10 Å². The summed E-state index contributed by atoms with van der Waals surface area (Å²) in [5.74, 6) is -2.13. The Labute approximate surface area is 261 Å². The Bertz CT molecular complexity index is 1670. The van der Waals surface area contributed by atoms with Crippen LogP contribution in [0.15, 0.2) is 95.9 Å². The van der Waals surface area contributed by atoms with E-state index in [1.54, 1.807) is 24.3 Å². The van der Waals surface area contributed by atoms with Gasteiger partial charge in [-0.1, -0.05) is 42.8 Å². The Balaban J connectivity index is 1.48. The molecule has 2 atom stereocenters. The van der Waals surface area contributed by atoms with Crippen LogP contribution in [0.5, 0.6) is 0 Å². The standard InChI is InChI=1S/C33H34ClF2N3O4S/c1-3-22-5-4-6-23(15-22)20-37-21-32(40)31(18-24-16-27(35)19-28(36)17-24)38-33(41)25-7-13-30(14-8-25)44(42,43)39(2)29-11-9-26(34)10-12-29/h4-17,19,31-32,37,40H,3,18,20-21H2,1-2H3,(H,38,41)/t31-,32-/m0/s1. The Kier molecular flexibility index (Phi) is 11.1. The van der Waals surface area contributed by atoms with Gasteiger partial charge in [0.25, 0.3) is 15.9 Å². The van der Waals surface area contributed by atoms with E-state index in [-0.39, 0.29) is 29.0 Å². The number of carbonyl (C=O) groups is 1. The van der Waals surface area contributed by atoms with E-state index in [1.807, 2.05) is 18.2 Å². The summed E-state index contributed by atoms with van der Waals surface area (Å²) in [6.45, 7) is 2.62. The molecule has 0 aliphatic heterocycles. The first-order valence-corrected chi connectivity index (χ1v) is 15.8. The van der Waals surface area contributed by atoms with Crippen molar-refractivity contribution in [2.45, 2.75) is 43.4 Å². The van der Waals surface area contributed by atoms with Crippen molar-refractivity contribution in [1.29, 1.82) is 0 Å². The van der Waals surface area contributed by atoms with E-state index in [1.165, 1.54) is 36.9 Å². The molecule has 0 saturated carbocycles. The number of aliphatic hydroxyl groups is 1. The molecule has 1 amide bonds. The zero-order valence-electron chi connectivity index (χ0n) is 24.3. The highest BCUT2D eigenvalue weighted by Gasteiger charge is 2.25. The molecule has 0 aliphatic rings. The molecule has 3 N–H and O–H groups in total. The van der Waals surface area contributed by atoms with E-state index < -0.39 is 39.7 Å². The van der Waals surface area contributed by atoms with E-state index in [0.29, 0.717) is 17.3 Å². The molecular weight excluding hydrogens is 608 g/mol. The monoisotopic (exact) mass is 641 g/mol. The predicted molar refractivity (Wildman–Crippen MR) is 168 cm³/mol. The molecule has 232 valence electrons. The molecule has 0 aromatic heterocycles. The average molecular weight is 642 g/mol. The number of amides is 1. The summed E-state index contributed by atoms with van der Waals surface area (Å²) < 4.78 is 55.2. The number of aryl methyl sites for hydroxylation is 1. The molecule has 4 aromatic carbocycles. The van der Waals surface area contributed by atoms with Gasteiger partial charge in [-0.25, -0.2) is 17.2 Å². The van der Waals surface area contributed by atoms with Gasteiger partial charge in [-0.15, -0.1) is 0 Å². The lowest BCUT2D eigenvalue weighted by Crippen LogP contribution is -2.48. The van der Waals surface area contributed by atoms with Crippen LogP contribution in [0, 0.1) is 11.6 Å². The van der Waals surface area contributed by atoms with Crippen molar-refractivity contribution in [3.63, 3.8) is 0 Å². The highest BCUT2D eigenvalue weighted by atomic mass is 35.5. The molecule has 4 rings (SSSR count). The van der Waals surface area contributed by atoms with Crippen LogP contribution in [0.3, 0.4) is 0 Å². The number of anilines is 1. The first kappa shape index (κ1) is 33.1. The van der Waals surface area contributed by atoms with Crippen LogP contribution in [0.4, 0.5) is 14.5 Å². The minimum Gasteiger partial charge on any atom is -0.390 e. The fourth-order valence-electron chi connectivity index (χ4n) is 4.71.